The van der Waals surface area contributed by atoms with Gasteiger partial charge in [-0.05, 0) is 30.9 Å². The second kappa shape index (κ2) is 5.33. The van der Waals surface area contributed by atoms with Gasteiger partial charge in [-0.2, -0.15) is 0 Å². The Morgan fingerprint density at radius 1 is 1.47 bits per heavy atom. The van der Waals surface area contributed by atoms with E-state index in [-0.39, 0.29) is 0 Å². The lowest BCUT2D eigenvalue weighted by Crippen LogP contribution is -2.56. The highest BCUT2D eigenvalue weighted by Gasteiger charge is 2.20. The van der Waals surface area contributed by atoms with E-state index < -0.39 is 0 Å². The molecule has 1 saturated heterocycles. The van der Waals surface area contributed by atoms with Crippen molar-refractivity contribution < 1.29 is 4.74 Å². The molecule has 1 fully saturated rings. The molecule has 1 N–H and O–H groups in total. The number of rotatable bonds is 3. The molecule has 1 aliphatic rings. The number of benzene rings is 1. The summed E-state index contributed by atoms with van der Waals surface area (Å²) in [5, 5.41) is 3.98. The van der Waals surface area contributed by atoms with Crippen LogP contribution in [0.1, 0.15) is 6.92 Å². The van der Waals surface area contributed by atoms with E-state index in [1.165, 1.54) is 0 Å². The third-order valence-corrected chi connectivity index (χ3v) is 3.22. The topological polar surface area (TPSA) is 27.7 Å². The minimum atomic E-state index is 0.767. The van der Waals surface area contributed by atoms with Gasteiger partial charge < -0.3 is 15.0 Å². The van der Waals surface area contributed by atoms with Gasteiger partial charge in [-0.25, -0.2) is 0 Å². The van der Waals surface area contributed by atoms with E-state index in [0.717, 1.165) is 36.4 Å². The van der Waals surface area contributed by atoms with E-state index in [0.29, 0.717) is 0 Å². The Morgan fingerprint density at radius 3 is 3.00 bits per heavy atom. The van der Waals surface area contributed by atoms with Crippen molar-refractivity contribution >= 4 is 23.0 Å². The van der Waals surface area contributed by atoms with Crippen LogP contribution in [0.4, 0.5) is 5.69 Å². The molecular weight excluding hydrogens is 234 g/mol. The molecule has 0 bridgehead atoms. The van der Waals surface area contributed by atoms with Crippen LogP contribution >= 0.6 is 12.2 Å². The summed E-state index contributed by atoms with van der Waals surface area (Å²) in [5.74, 6) is 0.846. The maximum Gasteiger partial charge on any atom is 0.175 e. The zero-order chi connectivity index (χ0) is 12.3. The molecule has 0 unspecified atom stereocenters. The molecule has 1 aromatic carbocycles. The van der Waals surface area contributed by atoms with Crippen LogP contribution in [0.5, 0.6) is 5.75 Å². The molecule has 0 saturated carbocycles. The van der Waals surface area contributed by atoms with Gasteiger partial charge in [-0.3, -0.25) is 4.90 Å². The highest BCUT2D eigenvalue weighted by molar-refractivity contribution is 7.80. The minimum absolute atomic E-state index is 0.767. The van der Waals surface area contributed by atoms with E-state index in [1.54, 1.807) is 7.11 Å². The molecule has 5 heteroatoms. The van der Waals surface area contributed by atoms with Gasteiger partial charge in [0.1, 0.15) is 5.75 Å². The fourth-order valence-electron chi connectivity index (χ4n) is 1.78. The SMILES string of the molecule is CCN1CNC(=S)N(c2cccc(OC)c2)C1. The number of anilines is 1. The van der Waals surface area contributed by atoms with Gasteiger partial charge in [0.15, 0.2) is 5.11 Å². The van der Waals surface area contributed by atoms with Crippen molar-refractivity contribution in [3.63, 3.8) is 0 Å². The van der Waals surface area contributed by atoms with Crippen molar-refractivity contribution in [3.8, 4) is 5.75 Å². The average molecular weight is 251 g/mol. The molecule has 0 spiro atoms. The number of methoxy groups -OCH3 is 1. The van der Waals surface area contributed by atoms with Crippen LogP contribution < -0.4 is 15.0 Å². The van der Waals surface area contributed by atoms with Crippen molar-refractivity contribution in [2.45, 2.75) is 6.92 Å². The molecule has 17 heavy (non-hydrogen) atoms. The molecule has 0 atom stereocenters. The van der Waals surface area contributed by atoms with Crippen LogP contribution in [0, 0.1) is 0 Å². The predicted molar refractivity (Wildman–Crippen MR) is 73.3 cm³/mol. The quantitative estimate of drug-likeness (QED) is 0.824. The van der Waals surface area contributed by atoms with Gasteiger partial charge in [0.25, 0.3) is 0 Å². The number of nitrogens with one attached hydrogen (secondary N) is 1. The van der Waals surface area contributed by atoms with Gasteiger partial charge in [0.05, 0.1) is 20.4 Å². The molecule has 0 amide bonds. The van der Waals surface area contributed by atoms with Crippen molar-refractivity contribution in [2.24, 2.45) is 0 Å². The summed E-state index contributed by atoms with van der Waals surface area (Å²) in [4.78, 5) is 4.35. The maximum absolute atomic E-state index is 5.34. The first-order valence-corrected chi connectivity index (χ1v) is 6.07. The zero-order valence-corrected chi connectivity index (χ0v) is 11.0. The van der Waals surface area contributed by atoms with Crippen LogP contribution in [-0.4, -0.2) is 37.0 Å². The average Bonchev–Trinajstić information content (AvgIpc) is 2.39. The first-order chi connectivity index (χ1) is 8.24. The lowest BCUT2D eigenvalue weighted by atomic mass is 10.3. The Morgan fingerprint density at radius 2 is 2.29 bits per heavy atom. The third kappa shape index (κ3) is 2.68. The summed E-state index contributed by atoms with van der Waals surface area (Å²) in [7, 11) is 1.67. The van der Waals surface area contributed by atoms with E-state index in [1.807, 2.05) is 24.3 Å². The van der Waals surface area contributed by atoms with Gasteiger partial charge >= 0.3 is 0 Å². The Balaban J connectivity index is 2.21. The summed E-state index contributed by atoms with van der Waals surface area (Å²) < 4.78 is 5.23. The second-order valence-corrected chi connectivity index (χ2v) is 4.28. The van der Waals surface area contributed by atoms with Crippen molar-refractivity contribution in [2.75, 3.05) is 31.9 Å². The summed E-state index contributed by atoms with van der Waals surface area (Å²) >= 11 is 5.34. The first-order valence-electron chi connectivity index (χ1n) is 5.66. The van der Waals surface area contributed by atoms with E-state index >= 15 is 0 Å². The van der Waals surface area contributed by atoms with Crippen LogP contribution in [0.3, 0.4) is 0 Å². The monoisotopic (exact) mass is 251 g/mol. The lowest BCUT2D eigenvalue weighted by Gasteiger charge is -2.37. The second-order valence-electron chi connectivity index (χ2n) is 3.90. The van der Waals surface area contributed by atoms with Gasteiger partial charge in [-0.1, -0.05) is 13.0 Å². The largest absolute Gasteiger partial charge is 0.497 e. The molecule has 0 aliphatic carbocycles. The fraction of sp³-hybridized carbons (Fsp3) is 0.417. The Labute approximate surface area is 107 Å². The zero-order valence-electron chi connectivity index (χ0n) is 10.1. The molecule has 0 aromatic heterocycles. The molecule has 4 nitrogen and oxygen atoms in total. The van der Waals surface area contributed by atoms with Crippen molar-refractivity contribution in [1.82, 2.24) is 10.2 Å². The summed E-state index contributed by atoms with van der Waals surface area (Å²) in [6, 6.07) is 7.94. The minimum Gasteiger partial charge on any atom is -0.497 e. The van der Waals surface area contributed by atoms with Crippen LogP contribution in [0.25, 0.3) is 0 Å². The molecule has 2 rings (SSSR count). The van der Waals surface area contributed by atoms with Crippen LogP contribution in [0.15, 0.2) is 24.3 Å². The van der Waals surface area contributed by atoms with Gasteiger partial charge in [0.2, 0.25) is 0 Å². The highest BCUT2D eigenvalue weighted by atomic mass is 32.1. The molecule has 1 heterocycles. The summed E-state index contributed by atoms with van der Waals surface area (Å²) in [6.45, 7) is 4.77. The van der Waals surface area contributed by atoms with Crippen LogP contribution in [0.2, 0.25) is 0 Å². The molecular formula is C12H17N3OS. The summed E-state index contributed by atoms with van der Waals surface area (Å²) in [5.41, 5.74) is 1.06. The maximum atomic E-state index is 5.34. The Hall–Kier alpha value is -1.33. The molecule has 1 aromatic rings. The first kappa shape index (κ1) is 12.1. The van der Waals surface area contributed by atoms with E-state index in [9.17, 15) is 0 Å². The van der Waals surface area contributed by atoms with E-state index in [2.05, 4.69) is 22.0 Å². The molecule has 1 aliphatic heterocycles. The number of ether oxygens (including phenoxy) is 1. The Kier molecular flexibility index (Phi) is 3.81. The number of hydrogen-bond donors (Lipinski definition) is 1. The number of thiocarbonyl (C=S) groups is 1. The number of hydrogen-bond acceptors (Lipinski definition) is 3. The predicted octanol–water partition coefficient (Wildman–Crippen LogP) is 1.63. The third-order valence-electron chi connectivity index (χ3n) is 2.85. The molecule has 0 radical (unpaired) electrons. The van der Waals surface area contributed by atoms with E-state index in [4.69, 9.17) is 17.0 Å². The molecule has 92 valence electrons. The van der Waals surface area contributed by atoms with Crippen LogP contribution in [-0.2, 0) is 0 Å². The van der Waals surface area contributed by atoms with Crippen molar-refractivity contribution in [1.29, 1.82) is 0 Å². The number of nitrogens with zero attached hydrogens (tertiary/aromatic N) is 2. The van der Waals surface area contributed by atoms with Gasteiger partial charge in [-0.15, -0.1) is 0 Å². The fourth-order valence-corrected chi connectivity index (χ4v) is 2.01. The lowest BCUT2D eigenvalue weighted by molar-refractivity contribution is 0.275. The highest BCUT2D eigenvalue weighted by Crippen LogP contribution is 2.22. The summed E-state index contributed by atoms with van der Waals surface area (Å²) in [6.07, 6.45) is 0. The normalized spacial score (nSPS) is 16.8. The Bertz CT molecular complexity index is 410. The smallest absolute Gasteiger partial charge is 0.175 e. The standard InChI is InChI=1S/C12H17N3OS/c1-3-14-8-13-12(17)15(9-14)10-5-4-6-11(7-10)16-2/h4-7H,3,8-9H2,1-2H3,(H,13,17). The van der Waals surface area contributed by atoms with Crippen molar-refractivity contribution in [3.05, 3.63) is 24.3 Å². The van der Waals surface area contributed by atoms with Gasteiger partial charge in [0, 0.05) is 11.8 Å².